The van der Waals surface area contributed by atoms with E-state index in [1.807, 2.05) is 0 Å². The van der Waals surface area contributed by atoms with Crippen molar-refractivity contribution >= 4 is 23.2 Å². The monoisotopic (exact) mass is 511 g/mol. The first kappa shape index (κ1) is 17.5. The molecule has 1 aliphatic rings. The normalized spacial score (nSPS) is 17.0. The molecular formula is C20H21Cl2Hf. The van der Waals surface area contributed by atoms with Gasteiger partial charge in [0.05, 0.1) is 0 Å². The summed E-state index contributed by atoms with van der Waals surface area (Å²) in [6.45, 7) is 8.89. The Morgan fingerprint density at radius 3 is 2.17 bits per heavy atom. The van der Waals surface area contributed by atoms with Gasteiger partial charge in [-0.15, -0.1) is 0 Å². The van der Waals surface area contributed by atoms with E-state index in [0.29, 0.717) is 3.67 Å². The van der Waals surface area contributed by atoms with E-state index in [1.165, 1.54) is 33.4 Å². The summed E-state index contributed by atoms with van der Waals surface area (Å²) in [6, 6.07) is 15.5. The summed E-state index contributed by atoms with van der Waals surface area (Å²) >= 11 is -2.52. The molecule has 0 nitrogen and oxygen atoms in total. The van der Waals surface area contributed by atoms with Crippen LogP contribution in [0.15, 0.2) is 48.0 Å². The first-order chi connectivity index (χ1) is 10.8. The first-order valence-corrected chi connectivity index (χ1v) is 18.9. The Bertz CT molecular complexity index is 752. The molecule has 0 heterocycles. The van der Waals surface area contributed by atoms with Crippen LogP contribution in [0.25, 0.3) is 17.2 Å². The Balaban J connectivity index is 2.07. The second kappa shape index (κ2) is 6.50. The topological polar surface area (TPSA) is 0 Å². The molecule has 3 heteroatoms. The molecule has 0 fully saturated rings. The van der Waals surface area contributed by atoms with Gasteiger partial charge in [-0.25, -0.2) is 0 Å². The van der Waals surface area contributed by atoms with Crippen molar-refractivity contribution in [2.75, 3.05) is 0 Å². The summed E-state index contributed by atoms with van der Waals surface area (Å²) in [5.74, 6) is 0. The zero-order chi connectivity index (χ0) is 16.8. The van der Waals surface area contributed by atoms with Crippen LogP contribution in [0.3, 0.4) is 0 Å². The Morgan fingerprint density at radius 2 is 1.61 bits per heavy atom. The summed E-state index contributed by atoms with van der Waals surface area (Å²) in [4.78, 5) is 0. The Labute approximate surface area is 154 Å². The van der Waals surface area contributed by atoms with E-state index >= 15 is 0 Å². The van der Waals surface area contributed by atoms with Crippen LogP contribution in [0.2, 0.25) is 0 Å². The van der Waals surface area contributed by atoms with E-state index in [4.69, 9.17) is 17.2 Å². The third-order valence-electron chi connectivity index (χ3n) is 4.56. The average molecular weight is 511 g/mol. The predicted octanol–water partition coefficient (Wildman–Crippen LogP) is 7.03. The van der Waals surface area contributed by atoms with Crippen LogP contribution in [0.4, 0.5) is 0 Å². The molecule has 0 N–H and O–H groups in total. The van der Waals surface area contributed by atoms with Gasteiger partial charge in [0.1, 0.15) is 0 Å². The molecule has 0 aliphatic heterocycles. The molecule has 0 saturated carbocycles. The quantitative estimate of drug-likeness (QED) is 0.380. The summed E-state index contributed by atoms with van der Waals surface area (Å²) in [7, 11) is 12.8. The number of hydrogen-bond donors (Lipinski definition) is 0. The first-order valence-electron chi connectivity index (χ1n) is 7.89. The summed E-state index contributed by atoms with van der Waals surface area (Å²) in [5, 5.41) is 0. The molecule has 0 spiro atoms. The van der Waals surface area contributed by atoms with Crippen LogP contribution < -0.4 is 0 Å². The van der Waals surface area contributed by atoms with Gasteiger partial charge in [-0.1, -0.05) is 0 Å². The van der Waals surface area contributed by atoms with Gasteiger partial charge in [0.25, 0.3) is 0 Å². The third kappa shape index (κ3) is 3.38. The van der Waals surface area contributed by atoms with Crippen molar-refractivity contribution in [3.63, 3.8) is 0 Å². The zero-order valence-electron chi connectivity index (χ0n) is 14.0. The van der Waals surface area contributed by atoms with E-state index < -0.39 is 19.1 Å². The fourth-order valence-electron chi connectivity index (χ4n) is 3.24. The molecule has 2 aromatic carbocycles. The van der Waals surface area contributed by atoms with Crippen molar-refractivity contribution in [2.45, 2.75) is 36.8 Å². The molecule has 0 radical (unpaired) electrons. The summed E-state index contributed by atoms with van der Waals surface area (Å²) < 4.78 is 0.312. The van der Waals surface area contributed by atoms with Crippen LogP contribution in [-0.2, 0) is 24.5 Å². The van der Waals surface area contributed by atoms with Gasteiger partial charge >= 0.3 is 155 Å². The van der Waals surface area contributed by atoms with Gasteiger partial charge in [-0.3, -0.25) is 0 Å². The van der Waals surface area contributed by atoms with E-state index in [-0.39, 0.29) is 5.41 Å². The average Bonchev–Trinajstić information content (AvgIpc) is 2.82. The van der Waals surface area contributed by atoms with Crippen LogP contribution in [0.5, 0.6) is 0 Å². The van der Waals surface area contributed by atoms with Gasteiger partial charge in [-0.05, 0) is 0 Å². The fourth-order valence-corrected chi connectivity index (χ4v) is 11.3. The van der Waals surface area contributed by atoms with Crippen molar-refractivity contribution in [3.05, 3.63) is 64.7 Å². The van der Waals surface area contributed by atoms with E-state index in [9.17, 15) is 0 Å². The van der Waals surface area contributed by atoms with Crippen molar-refractivity contribution < 1.29 is 19.1 Å². The number of benzene rings is 2. The number of allylic oxidation sites excluding steroid dienone is 1. The fraction of sp³-hybridized carbons (Fsp3) is 0.300. The van der Waals surface area contributed by atoms with E-state index in [1.54, 1.807) is 0 Å². The van der Waals surface area contributed by atoms with Crippen molar-refractivity contribution in [3.8, 4) is 11.1 Å². The van der Waals surface area contributed by atoms with Crippen LogP contribution >= 0.6 is 17.2 Å². The zero-order valence-corrected chi connectivity index (χ0v) is 19.1. The molecule has 1 aliphatic carbocycles. The molecule has 1 atom stereocenters. The molecule has 3 rings (SSSR count). The standard InChI is InChI=1S/C20H21.2ClH.Hf/c1-14-12-16-6-5-7-18(19(16)13-14)15-8-10-17(11-9-15)20(2,3)4;;;/h5-13H,1-4H3;2*1H;/q;;;+2/p-2. The Kier molecular flexibility index (Phi) is 4.93. The second-order valence-electron chi connectivity index (χ2n) is 7.25. The minimum absolute atomic E-state index is 0.178. The maximum absolute atomic E-state index is 6.41. The molecule has 0 bridgehead atoms. The summed E-state index contributed by atoms with van der Waals surface area (Å²) in [5.41, 5.74) is 8.04. The Morgan fingerprint density at radius 1 is 0.957 bits per heavy atom. The number of rotatable bonds is 2. The number of halogens is 2. The van der Waals surface area contributed by atoms with Gasteiger partial charge in [0.15, 0.2) is 0 Å². The summed E-state index contributed by atoms with van der Waals surface area (Å²) in [6.07, 6.45) is 2.28. The minimum atomic E-state index is -2.52. The van der Waals surface area contributed by atoms with Gasteiger partial charge in [0, 0.05) is 0 Å². The van der Waals surface area contributed by atoms with Crippen molar-refractivity contribution in [2.24, 2.45) is 0 Å². The van der Waals surface area contributed by atoms with E-state index in [0.717, 1.165) is 0 Å². The maximum atomic E-state index is 6.41. The molecule has 2 aromatic rings. The van der Waals surface area contributed by atoms with Crippen molar-refractivity contribution in [1.29, 1.82) is 0 Å². The molecule has 0 aromatic heterocycles. The number of fused-ring (bicyclic) bond motifs is 1. The van der Waals surface area contributed by atoms with Crippen LogP contribution in [-0.4, -0.2) is 0 Å². The third-order valence-corrected chi connectivity index (χ3v) is 12.5. The number of hydrogen-bond acceptors (Lipinski definition) is 0. The van der Waals surface area contributed by atoms with Crippen LogP contribution in [0.1, 0.15) is 48.1 Å². The van der Waals surface area contributed by atoms with Crippen molar-refractivity contribution in [1.82, 2.24) is 0 Å². The SMILES string of the molecule is CC1=Cc2c(-c3ccc(C(C)(C)C)cc3)cccc2[CH]1[Hf]([Cl])[Cl]. The predicted molar refractivity (Wildman–Crippen MR) is 98.7 cm³/mol. The van der Waals surface area contributed by atoms with Gasteiger partial charge in [0.2, 0.25) is 0 Å². The molecule has 1 unspecified atom stereocenters. The molecule has 119 valence electrons. The second-order valence-corrected chi connectivity index (χ2v) is 19.7. The molecular weight excluding hydrogens is 490 g/mol. The van der Waals surface area contributed by atoms with E-state index in [2.05, 4.69) is 76.2 Å². The molecule has 23 heavy (non-hydrogen) atoms. The molecule has 0 saturated heterocycles. The molecule has 0 amide bonds. The Hall–Kier alpha value is -0.370. The van der Waals surface area contributed by atoms with Gasteiger partial charge in [-0.2, -0.15) is 0 Å². The van der Waals surface area contributed by atoms with Gasteiger partial charge < -0.3 is 0 Å². The van der Waals surface area contributed by atoms with Crippen LogP contribution in [0, 0.1) is 0 Å².